The third-order valence-electron chi connectivity index (χ3n) is 2.86. The fourth-order valence-corrected chi connectivity index (χ4v) is 2.11. The highest BCUT2D eigenvalue weighted by Crippen LogP contribution is 2.20. The number of benzene rings is 2. The van der Waals surface area contributed by atoms with Gasteiger partial charge in [-0.05, 0) is 24.3 Å². The van der Waals surface area contributed by atoms with Crippen molar-refractivity contribution >= 4 is 23.5 Å². The third kappa shape index (κ3) is 3.27. The van der Waals surface area contributed by atoms with Crippen molar-refractivity contribution in [2.24, 2.45) is 0 Å². The topological polar surface area (TPSA) is 56.2 Å². The van der Waals surface area contributed by atoms with Crippen LogP contribution < -0.4 is 10.1 Å². The number of carbonyl (C=O) groups is 1. The summed E-state index contributed by atoms with van der Waals surface area (Å²) in [6.45, 7) is 0. The number of aromatic nitrogens is 2. The maximum absolute atomic E-state index is 12.0. The minimum Gasteiger partial charge on any atom is -0.410 e. The van der Waals surface area contributed by atoms with Gasteiger partial charge in [0.05, 0.1) is 5.69 Å². The van der Waals surface area contributed by atoms with Crippen molar-refractivity contribution < 1.29 is 9.53 Å². The Balaban J connectivity index is 1.79. The molecule has 0 aliphatic rings. The predicted molar refractivity (Wildman–Crippen MR) is 84.7 cm³/mol. The summed E-state index contributed by atoms with van der Waals surface area (Å²) in [5, 5.41) is 7.06. The van der Waals surface area contributed by atoms with Crippen molar-refractivity contribution in [3.05, 3.63) is 71.9 Å². The van der Waals surface area contributed by atoms with Gasteiger partial charge in [0, 0.05) is 6.07 Å². The van der Waals surface area contributed by atoms with E-state index in [2.05, 4.69) is 10.4 Å². The zero-order valence-electron chi connectivity index (χ0n) is 11.4. The van der Waals surface area contributed by atoms with Gasteiger partial charge in [0.1, 0.15) is 11.6 Å². The number of para-hydroxylation sites is 2. The molecular weight excluding hydrogens is 302 g/mol. The van der Waals surface area contributed by atoms with Crippen LogP contribution in [0.15, 0.2) is 66.7 Å². The number of ether oxygens (including phenoxy) is 1. The molecule has 0 fully saturated rings. The summed E-state index contributed by atoms with van der Waals surface area (Å²) in [7, 11) is 0. The lowest BCUT2D eigenvalue weighted by Crippen LogP contribution is -2.19. The van der Waals surface area contributed by atoms with Gasteiger partial charge in [0.2, 0.25) is 0 Å². The van der Waals surface area contributed by atoms with Crippen molar-refractivity contribution in [3.8, 4) is 11.4 Å². The molecule has 1 aromatic heterocycles. The van der Waals surface area contributed by atoms with Crippen LogP contribution in [0.3, 0.4) is 0 Å². The van der Waals surface area contributed by atoms with E-state index in [0.29, 0.717) is 11.6 Å². The Labute approximate surface area is 132 Å². The molecular formula is C16H12ClN3O2. The largest absolute Gasteiger partial charge is 0.418 e. The number of hydrogen-bond donors (Lipinski definition) is 1. The molecule has 3 aromatic rings. The Kier molecular flexibility index (Phi) is 4.07. The minimum atomic E-state index is -0.611. The molecule has 5 nitrogen and oxygen atoms in total. The normalized spacial score (nSPS) is 10.2. The fraction of sp³-hybridized carbons (Fsp3) is 0. The molecule has 3 rings (SSSR count). The molecule has 110 valence electrons. The van der Waals surface area contributed by atoms with Crippen molar-refractivity contribution in [1.82, 2.24) is 9.78 Å². The molecule has 2 aromatic carbocycles. The predicted octanol–water partition coefficient (Wildman–Crippen LogP) is 4.14. The fourth-order valence-electron chi connectivity index (χ4n) is 1.93. The van der Waals surface area contributed by atoms with E-state index in [1.807, 2.05) is 36.4 Å². The number of amides is 1. The van der Waals surface area contributed by atoms with Crippen LogP contribution in [0.4, 0.5) is 10.6 Å². The van der Waals surface area contributed by atoms with Gasteiger partial charge in [0.15, 0.2) is 5.15 Å². The van der Waals surface area contributed by atoms with E-state index in [1.54, 1.807) is 30.3 Å². The van der Waals surface area contributed by atoms with Gasteiger partial charge in [-0.3, -0.25) is 5.32 Å². The number of carbonyl (C=O) groups excluding carboxylic acids is 1. The lowest BCUT2D eigenvalue weighted by Gasteiger charge is -2.09. The zero-order chi connectivity index (χ0) is 15.4. The van der Waals surface area contributed by atoms with E-state index >= 15 is 0 Å². The third-order valence-corrected chi connectivity index (χ3v) is 3.05. The molecule has 1 heterocycles. The molecule has 1 N–H and O–H groups in total. The monoisotopic (exact) mass is 313 g/mol. The minimum absolute atomic E-state index is 0.277. The molecule has 0 spiro atoms. The average Bonchev–Trinajstić information content (AvgIpc) is 2.89. The molecule has 0 aliphatic heterocycles. The van der Waals surface area contributed by atoms with Crippen LogP contribution in [0.2, 0.25) is 5.15 Å². The highest BCUT2D eigenvalue weighted by Gasteiger charge is 2.12. The summed E-state index contributed by atoms with van der Waals surface area (Å²) < 4.78 is 6.72. The SMILES string of the molecule is O=C(Nc1cc(Cl)nn1-c1ccccc1)Oc1ccccc1. The number of halogens is 1. The van der Waals surface area contributed by atoms with Crippen LogP contribution in [0.1, 0.15) is 0 Å². The summed E-state index contributed by atoms with van der Waals surface area (Å²) in [4.78, 5) is 12.0. The smallest absolute Gasteiger partial charge is 0.410 e. The summed E-state index contributed by atoms with van der Waals surface area (Å²) in [6, 6.07) is 19.7. The number of anilines is 1. The van der Waals surface area contributed by atoms with E-state index in [-0.39, 0.29) is 5.15 Å². The highest BCUT2D eigenvalue weighted by atomic mass is 35.5. The van der Waals surface area contributed by atoms with Crippen LogP contribution in [0.25, 0.3) is 5.69 Å². The second-order valence-corrected chi connectivity index (χ2v) is 4.81. The first-order valence-electron chi connectivity index (χ1n) is 6.57. The number of rotatable bonds is 3. The van der Waals surface area contributed by atoms with Gasteiger partial charge in [-0.2, -0.15) is 5.10 Å². The Morgan fingerprint density at radius 2 is 1.68 bits per heavy atom. The maximum atomic E-state index is 12.0. The quantitative estimate of drug-likeness (QED) is 0.790. The van der Waals surface area contributed by atoms with E-state index in [1.165, 1.54) is 4.68 Å². The van der Waals surface area contributed by atoms with Crippen LogP contribution in [0, 0.1) is 0 Å². The molecule has 0 bridgehead atoms. The molecule has 22 heavy (non-hydrogen) atoms. The van der Waals surface area contributed by atoms with Crippen LogP contribution in [-0.4, -0.2) is 15.9 Å². The standard InChI is InChI=1S/C16H12ClN3O2/c17-14-11-15(20(19-14)12-7-3-1-4-8-12)18-16(21)22-13-9-5-2-6-10-13/h1-11H,(H,18,21). The molecule has 0 saturated heterocycles. The zero-order valence-corrected chi connectivity index (χ0v) is 12.2. The first kappa shape index (κ1) is 14.2. The molecule has 6 heteroatoms. The van der Waals surface area contributed by atoms with E-state index in [0.717, 1.165) is 5.69 Å². The average molecular weight is 314 g/mol. The number of nitrogens with one attached hydrogen (secondary N) is 1. The lowest BCUT2D eigenvalue weighted by molar-refractivity contribution is 0.215. The summed E-state index contributed by atoms with van der Waals surface area (Å²) in [5.41, 5.74) is 0.782. The second-order valence-electron chi connectivity index (χ2n) is 4.43. The van der Waals surface area contributed by atoms with Crippen LogP contribution >= 0.6 is 11.6 Å². The Bertz CT molecular complexity index is 773. The number of hydrogen-bond acceptors (Lipinski definition) is 3. The highest BCUT2D eigenvalue weighted by molar-refractivity contribution is 6.29. The summed E-state index contributed by atoms with van der Waals surface area (Å²) in [6.07, 6.45) is -0.611. The van der Waals surface area contributed by atoms with E-state index in [4.69, 9.17) is 16.3 Å². The van der Waals surface area contributed by atoms with Crippen molar-refractivity contribution in [3.63, 3.8) is 0 Å². The van der Waals surface area contributed by atoms with Gasteiger partial charge in [-0.15, -0.1) is 0 Å². The summed E-state index contributed by atoms with van der Waals surface area (Å²) >= 11 is 5.94. The van der Waals surface area contributed by atoms with Crippen LogP contribution in [0.5, 0.6) is 5.75 Å². The lowest BCUT2D eigenvalue weighted by atomic mass is 10.3. The molecule has 0 atom stereocenters. The maximum Gasteiger partial charge on any atom is 0.418 e. The molecule has 0 radical (unpaired) electrons. The Hall–Kier alpha value is -2.79. The Morgan fingerprint density at radius 3 is 2.36 bits per heavy atom. The first-order chi connectivity index (χ1) is 10.7. The van der Waals surface area contributed by atoms with Crippen molar-refractivity contribution in [2.75, 3.05) is 5.32 Å². The molecule has 1 amide bonds. The van der Waals surface area contributed by atoms with Crippen molar-refractivity contribution in [1.29, 1.82) is 0 Å². The van der Waals surface area contributed by atoms with Gasteiger partial charge < -0.3 is 4.74 Å². The molecule has 0 saturated carbocycles. The molecule has 0 unspecified atom stereocenters. The molecule has 0 aliphatic carbocycles. The van der Waals surface area contributed by atoms with Gasteiger partial charge >= 0.3 is 6.09 Å². The van der Waals surface area contributed by atoms with Gasteiger partial charge in [0.25, 0.3) is 0 Å². The van der Waals surface area contributed by atoms with Crippen molar-refractivity contribution in [2.45, 2.75) is 0 Å². The number of nitrogens with zero attached hydrogens (tertiary/aromatic N) is 2. The first-order valence-corrected chi connectivity index (χ1v) is 6.95. The second kappa shape index (κ2) is 6.32. The van der Waals surface area contributed by atoms with Crippen LogP contribution in [-0.2, 0) is 0 Å². The summed E-state index contributed by atoms with van der Waals surface area (Å²) in [5.74, 6) is 0.883. The van der Waals surface area contributed by atoms with E-state index < -0.39 is 6.09 Å². The van der Waals surface area contributed by atoms with Gasteiger partial charge in [-0.25, -0.2) is 9.48 Å². The van der Waals surface area contributed by atoms with E-state index in [9.17, 15) is 4.79 Å². The van der Waals surface area contributed by atoms with Gasteiger partial charge in [-0.1, -0.05) is 48.0 Å². The Morgan fingerprint density at radius 1 is 1.05 bits per heavy atom.